The molecule has 21 heavy (non-hydrogen) atoms. The van der Waals surface area contributed by atoms with E-state index in [1.54, 1.807) is 0 Å². The lowest BCUT2D eigenvalue weighted by molar-refractivity contribution is -0.140. The van der Waals surface area contributed by atoms with Crippen LogP contribution in [0, 0.1) is 5.82 Å². The van der Waals surface area contributed by atoms with Gasteiger partial charge >= 0.3 is 6.18 Å². The lowest BCUT2D eigenvalue weighted by Crippen LogP contribution is -2.47. The Balaban J connectivity index is 1.97. The molecule has 2 aliphatic heterocycles. The first-order valence-electron chi connectivity index (χ1n) is 7.02. The average molecular weight is 303 g/mol. The third kappa shape index (κ3) is 2.44. The molecule has 0 amide bonds. The zero-order chi connectivity index (χ0) is 15.4. The Morgan fingerprint density at radius 1 is 1.19 bits per heavy atom. The molecule has 116 valence electrons. The maximum atomic E-state index is 13.4. The van der Waals surface area contributed by atoms with E-state index in [1.165, 1.54) is 6.07 Å². The fourth-order valence-electron chi connectivity index (χ4n) is 3.71. The molecule has 0 radical (unpaired) electrons. The Morgan fingerprint density at radius 3 is 2.29 bits per heavy atom. The largest absolute Gasteiger partial charge is 0.419 e. The topological polar surface area (TPSA) is 23.5 Å². The number of halogens is 4. The molecule has 2 aliphatic rings. The van der Waals surface area contributed by atoms with Crippen LogP contribution in [0.4, 0.5) is 17.6 Å². The molecule has 6 heteroatoms. The third-order valence-corrected chi connectivity index (χ3v) is 4.94. The van der Waals surface area contributed by atoms with Crippen LogP contribution in [-0.2, 0) is 11.8 Å². The molecule has 2 nitrogen and oxygen atoms in total. The number of hydrogen-bond donors (Lipinski definition) is 1. The van der Waals surface area contributed by atoms with Crippen molar-refractivity contribution in [1.29, 1.82) is 0 Å². The van der Waals surface area contributed by atoms with Gasteiger partial charge in [-0.15, -0.1) is 0 Å². The summed E-state index contributed by atoms with van der Waals surface area (Å²) in [5.41, 5.74) is -2.44. The number of nitrogens with zero attached hydrogens (tertiary/aromatic N) is 1. The zero-order valence-corrected chi connectivity index (χ0v) is 11.6. The van der Waals surface area contributed by atoms with Crippen molar-refractivity contribution in [2.24, 2.45) is 0 Å². The van der Waals surface area contributed by atoms with E-state index in [-0.39, 0.29) is 17.6 Å². The summed E-state index contributed by atoms with van der Waals surface area (Å²) in [5.74, 6) is -1.30. The molecule has 2 saturated heterocycles. The van der Waals surface area contributed by atoms with Crippen molar-refractivity contribution in [3.63, 3.8) is 0 Å². The van der Waals surface area contributed by atoms with Crippen LogP contribution in [0.5, 0.6) is 0 Å². The highest BCUT2D eigenvalue weighted by Crippen LogP contribution is 2.46. The Kier molecular flexibility index (Phi) is 3.29. The highest BCUT2D eigenvalue weighted by Gasteiger charge is 2.47. The number of piperidine rings is 1. The molecule has 2 atom stereocenters. The van der Waals surface area contributed by atoms with Crippen molar-refractivity contribution >= 4 is 0 Å². The Labute approximate surface area is 120 Å². The van der Waals surface area contributed by atoms with Gasteiger partial charge in [0, 0.05) is 12.1 Å². The van der Waals surface area contributed by atoms with E-state index in [1.807, 2.05) is 7.05 Å². The maximum absolute atomic E-state index is 13.4. The van der Waals surface area contributed by atoms with Gasteiger partial charge in [-0.2, -0.15) is 13.2 Å². The highest BCUT2D eigenvalue weighted by atomic mass is 19.4. The Bertz CT molecular complexity index is 543. The van der Waals surface area contributed by atoms with Crippen molar-refractivity contribution in [1.82, 2.24) is 4.90 Å². The van der Waals surface area contributed by atoms with E-state index < -0.39 is 23.2 Å². The summed E-state index contributed by atoms with van der Waals surface area (Å²) in [6.07, 6.45) is -2.08. The number of alkyl halides is 3. The van der Waals surface area contributed by atoms with Gasteiger partial charge in [0.25, 0.3) is 0 Å². The fraction of sp³-hybridized carbons (Fsp3) is 0.600. The molecule has 3 rings (SSSR count). The highest BCUT2D eigenvalue weighted by molar-refractivity contribution is 5.32. The maximum Gasteiger partial charge on any atom is 0.419 e. The first kappa shape index (κ1) is 14.8. The van der Waals surface area contributed by atoms with Crippen molar-refractivity contribution in [3.05, 3.63) is 35.1 Å². The SMILES string of the molecule is CN1C2CCC1CC(O)(c1ccc(F)c(C(F)(F)F)c1)C2. The second-order valence-electron chi connectivity index (χ2n) is 6.18. The number of hydrogen-bond acceptors (Lipinski definition) is 2. The van der Waals surface area contributed by atoms with Crippen LogP contribution < -0.4 is 0 Å². The van der Waals surface area contributed by atoms with Gasteiger partial charge in [0.15, 0.2) is 0 Å². The second kappa shape index (κ2) is 4.68. The summed E-state index contributed by atoms with van der Waals surface area (Å²) in [6.45, 7) is 0. The summed E-state index contributed by atoms with van der Waals surface area (Å²) < 4.78 is 51.8. The summed E-state index contributed by atoms with van der Waals surface area (Å²) in [6, 6.07) is 3.19. The molecular weight excluding hydrogens is 286 g/mol. The molecule has 2 unspecified atom stereocenters. The Hall–Kier alpha value is -1.14. The molecular formula is C15H17F4NO. The van der Waals surface area contributed by atoms with E-state index in [0.717, 1.165) is 25.0 Å². The van der Waals surface area contributed by atoms with Crippen LogP contribution in [0.1, 0.15) is 36.8 Å². The van der Waals surface area contributed by atoms with Crippen molar-refractivity contribution < 1.29 is 22.7 Å². The van der Waals surface area contributed by atoms with E-state index >= 15 is 0 Å². The molecule has 2 bridgehead atoms. The fourth-order valence-corrected chi connectivity index (χ4v) is 3.71. The number of rotatable bonds is 1. The number of aliphatic hydroxyl groups is 1. The molecule has 2 fully saturated rings. The smallest absolute Gasteiger partial charge is 0.385 e. The van der Waals surface area contributed by atoms with Crippen LogP contribution >= 0.6 is 0 Å². The van der Waals surface area contributed by atoms with Gasteiger partial charge in [-0.1, -0.05) is 6.07 Å². The van der Waals surface area contributed by atoms with Crippen molar-refractivity contribution in [2.45, 2.75) is 49.5 Å². The van der Waals surface area contributed by atoms with Crippen LogP contribution in [0.15, 0.2) is 18.2 Å². The molecule has 0 aliphatic carbocycles. The average Bonchev–Trinajstić information content (AvgIpc) is 2.61. The standard InChI is InChI=1S/C15H17F4NO/c1-20-10-3-4-11(20)8-14(21,7-10)9-2-5-13(16)12(6-9)15(17,18)19/h2,5-6,10-11,21H,3-4,7-8H2,1H3. The quantitative estimate of drug-likeness (QED) is 0.805. The zero-order valence-electron chi connectivity index (χ0n) is 11.6. The van der Waals surface area contributed by atoms with Crippen LogP contribution in [0.2, 0.25) is 0 Å². The lowest BCUT2D eigenvalue weighted by Gasteiger charge is -2.42. The molecule has 0 spiro atoms. The predicted octanol–water partition coefficient (Wildman–Crippen LogP) is 3.29. The Morgan fingerprint density at radius 2 is 1.76 bits per heavy atom. The van der Waals surface area contributed by atoms with Gasteiger partial charge in [-0.25, -0.2) is 4.39 Å². The first-order valence-corrected chi connectivity index (χ1v) is 7.02. The second-order valence-corrected chi connectivity index (χ2v) is 6.18. The van der Waals surface area contributed by atoms with Crippen LogP contribution in [0.25, 0.3) is 0 Å². The van der Waals surface area contributed by atoms with Gasteiger partial charge in [-0.05, 0) is 50.4 Å². The first-order chi connectivity index (χ1) is 9.71. The number of benzene rings is 1. The molecule has 0 saturated carbocycles. The molecule has 2 heterocycles. The summed E-state index contributed by atoms with van der Waals surface area (Å²) in [4.78, 5) is 2.18. The molecule has 0 aromatic heterocycles. The van der Waals surface area contributed by atoms with Gasteiger partial charge in [0.1, 0.15) is 5.82 Å². The van der Waals surface area contributed by atoms with Gasteiger partial charge in [-0.3, -0.25) is 0 Å². The van der Waals surface area contributed by atoms with E-state index in [9.17, 15) is 22.7 Å². The predicted molar refractivity (Wildman–Crippen MR) is 69.1 cm³/mol. The number of fused-ring (bicyclic) bond motifs is 2. The van der Waals surface area contributed by atoms with Gasteiger partial charge in [0.2, 0.25) is 0 Å². The van der Waals surface area contributed by atoms with Crippen molar-refractivity contribution in [3.8, 4) is 0 Å². The monoisotopic (exact) mass is 303 g/mol. The van der Waals surface area contributed by atoms with Crippen LogP contribution in [0.3, 0.4) is 0 Å². The molecule has 1 aromatic carbocycles. The van der Waals surface area contributed by atoms with E-state index in [0.29, 0.717) is 12.8 Å². The summed E-state index contributed by atoms with van der Waals surface area (Å²) >= 11 is 0. The third-order valence-electron chi connectivity index (χ3n) is 4.94. The lowest BCUT2D eigenvalue weighted by atomic mass is 9.80. The van der Waals surface area contributed by atoms with E-state index in [4.69, 9.17) is 0 Å². The minimum Gasteiger partial charge on any atom is -0.385 e. The van der Waals surface area contributed by atoms with Gasteiger partial charge in [0.05, 0.1) is 11.2 Å². The minimum atomic E-state index is -4.75. The van der Waals surface area contributed by atoms with Gasteiger partial charge < -0.3 is 10.0 Å². The normalized spacial score (nSPS) is 33.4. The minimum absolute atomic E-state index is 0.168. The summed E-state index contributed by atoms with van der Waals surface area (Å²) in [7, 11) is 1.98. The molecule has 1 aromatic rings. The van der Waals surface area contributed by atoms with Crippen molar-refractivity contribution in [2.75, 3.05) is 7.05 Å². The summed E-state index contributed by atoms with van der Waals surface area (Å²) in [5, 5.41) is 10.8. The van der Waals surface area contributed by atoms with Crippen LogP contribution in [-0.4, -0.2) is 29.1 Å². The van der Waals surface area contributed by atoms with E-state index in [2.05, 4.69) is 4.90 Å². The molecule has 1 N–H and O–H groups in total.